The minimum Gasteiger partial charge on any atom is -0.465 e. The number of aliphatic imine (C=N–C) groups is 1. The molecule has 2 aliphatic heterocycles. The molecule has 0 N–H and O–H groups in total. The average molecular weight is 428 g/mol. The first-order valence-corrected chi connectivity index (χ1v) is 11.9. The zero-order valence-corrected chi connectivity index (χ0v) is 18.5. The summed E-state index contributed by atoms with van der Waals surface area (Å²) in [7, 11) is 0. The molecule has 1 fully saturated rings. The number of esters is 2. The third kappa shape index (κ3) is 4.20. The fourth-order valence-corrected chi connectivity index (χ4v) is 6.09. The predicted octanol–water partition coefficient (Wildman–Crippen LogP) is 4.91. The number of cyclic esters (lactones) is 1. The number of hydrogen-bond acceptors (Lipinski definition) is 6. The van der Waals surface area contributed by atoms with Crippen LogP contribution in [0.3, 0.4) is 0 Å². The molecule has 0 radical (unpaired) electrons. The molecule has 6 heteroatoms. The van der Waals surface area contributed by atoms with Gasteiger partial charge in [0.25, 0.3) is 0 Å². The highest BCUT2D eigenvalue weighted by molar-refractivity contribution is 7.99. The van der Waals surface area contributed by atoms with Crippen molar-refractivity contribution in [2.45, 2.75) is 56.8 Å². The SMILES string of the molecule is CCOC(=O)C1C(C)=NC2=C(C(=O)OC2)C1c1ccccc1SCC1CCCCC1. The Morgan fingerprint density at radius 2 is 2.00 bits per heavy atom. The van der Waals surface area contributed by atoms with Crippen molar-refractivity contribution in [1.82, 2.24) is 0 Å². The molecular weight excluding hydrogens is 398 g/mol. The first-order chi connectivity index (χ1) is 14.6. The molecule has 2 unspecified atom stereocenters. The Labute approximate surface area is 182 Å². The lowest BCUT2D eigenvalue weighted by molar-refractivity contribution is -0.146. The van der Waals surface area contributed by atoms with E-state index in [1.807, 2.05) is 36.9 Å². The van der Waals surface area contributed by atoms with Gasteiger partial charge in [0, 0.05) is 22.3 Å². The molecular formula is C24H29NO4S. The van der Waals surface area contributed by atoms with Crippen molar-refractivity contribution < 1.29 is 19.1 Å². The number of carbonyl (C=O) groups is 2. The maximum Gasteiger partial charge on any atom is 0.337 e. The molecule has 0 spiro atoms. The van der Waals surface area contributed by atoms with Gasteiger partial charge in [-0.2, -0.15) is 0 Å². The van der Waals surface area contributed by atoms with E-state index in [0.717, 1.165) is 22.1 Å². The summed E-state index contributed by atoms with van der Waals surface area (Å²) in [6.45, 7) is 4.11. The molecule has 3 aliphatic rings. The number of hydrogen-bond donors (Lipinski definition) is 0. The highest BCUT2D eigenvalue weighted by atomic mass is 32.2. The monoisotopic (exact) mass is 427 g/mol. The van der Waals surface area contributed by atoms with Crippen molar-refractivity contribution >= 4 is 29.4 Å². The third-order valence-electron chi connectivity index (χ3n) is 6.27. The van der Waals surface area contributed by atoms with E-state index < -0.39 is 11.8 Å². The van der Waals surface area contributed by atoms with Crippen LogP contribution in [0, 0.1) is 11.8 Å². The lowest BCUT2D eigenvalue weighted by Gasteiger charge is -2.30. The highest BCUT2D eigenvalue weighted by Crippen LogP contribution is 2.45. The largest absolute Gasteiger partial charge is 0.465 e. The van der Waals surface area contributed by atoms with Crippen molar-refractivity contribution in [3.63, 3.8) is 0 Å². The van der Waals surface area contributed by atoms with Gasteiger partial charge >= 0.3 is 11.9 Å². The summed E-state index contributed by atoms with van der Waals surface area (Å²) in [5.41, 5.74) is 2.85. The number of rotatable bonds is 6. The number of benzene rings is 1. The lowest BCUT2D eigenvalue weighted by Crippen LogP contribution is -2.35. The molecule has 0 bridgehead atoms. The van der Waals surface area contributed by atoms with Crippen LogP contribution in [0.2, 0.25) is 0 Å². The van der Waals surface area contributed by atoms with Crippen LogP contribution < -0.4 is 0 Å². The van der Waals surface area contributed by atoms with Crippen LogP contribution in [0.15, 0.2) is 45.4 Å². The summed E-state index contributed by atoms with van der Waals surface area (Å²) < 4.78 is 10.7. The smallest absolute Gasteiger partial charge is 0.337 e. The molecule has 2 atom stereocenters. The van der Waals surface area contributed by atoms with Gasteiger partial charge in [-0.25, -0.2) is 4.79 Å². The van der Waals surface area contributed by atoms with Crippen molar-refractivity contribution in [3.8, 4) is 0 Å². The summed E-state index contributed by atoms with van der Waals surface area (Å²) in [4.78, 5) is 31.2. The number of carbonyl (C=O) groups excluding carboxylic acids is 2. The summed E-state index contributed by atoms with van der Waals surface area (Å²) in [5, 5.41) is 0. The topological polar surface area (TPSA) is 65.0 Å². The molecule has 0 aromatic heterocycles. The molecule has 2 heterocycles. The molecule has 1 saturated carbocycles. The van der Waals surface area contributed by atoms with Crippen LogP contribution in [-0.2, 0) is 19.1 Å². The van der Waals surface area contributed by atoms with E-state index in [1.54, 1.807) is 6.92 Å². The van der Waals surface area contributed by atoms with Crippen molar-refractivity contribution in [2.24, 2.45) is 16.8 Å². The first kappa shape index (κ1) is 21.2. The van der Waals surface area contributed by atoms with Gasteiger partial charge in [0.15, 0.2) is 0 Å². The molecule has 30 heavy (non-hydrogen) atoms. The van der Waals surface area contributed by atoms with Crippen molar-refractivity contribution in [2.75, 3.05) is 19.0 Å². The fourth-order valence-electron chi connectivity index (χ4n) is 4.80. The Balaban J connectivity index is 1.69. The Morgan fingerprint density at radius 1 is 1.23 bits per heavy atom. The minimum atomic E-state index is -0.606. The molecule has 1 aromatic rings. The van der Waals surface area contributed by atoms with E-state index in [4.69, 9.17) is 9.47 Å². The van der Waals surface area contributed by atoms with Gasteiger partial charge in [-0.1, -0.05) is 37.5 Å². The molecule has 160 valence electrons. The van der Waals surface area contributed by atoms with Gasteiger partial charge < -0.3 is 9.47 Å². The Kier molecular flexibility index (Phi) is 6.61. The zero-order valence-electron chi connectivity index (χ0n) is 17.7. The Hall–Kier alpha value is -2.08. The maximum absolute atomic E-state index is 12.9. The molecule has 5 nitrogen and oxygen atoms in total. The minimum absolute atomic E-state index is 0.176. The maximum atomic E-state index is 12.9. The molecule has 4 rings (SSSR count). The molecule has 0 amide bonds. The fraction of sp³-hybridized carbons (Fsp3) is 0.542. The summed E-state index contributed by atoms with van der Waals surface area (Å²) in [5.74, 6) is 0.0812. The molecule has 1 aromatic carbocycles. The standard InChI is InChI=1S/C24H29NO4S/c1-3-28-23(26)20-15(2)25-18-13-29-24(27)22(18)21(20)17-11-7-8-12-19(17)30-14-16-9-5-4-6-10-16/h7-8,11-12,16,20-21H,3-6,9-10,13-14H2,1-2H3. The third-order valence-corrected chi connectivity index (χ3v) is 7.59. The van der Waals surface area contributed by atoms with E-state index >= 15 is 0 Å². The van der Waals surface area contributed by atoms with Crippen LogP contribution in [0.1, 0.15) is 57.4 Å². The van der Waals surface area contributed by atoms with E-state index in [0.29, 0.717) is 23.6 Å². The first-order valence-electron chi connectivity index (χ1n) is 10.9. The number of ether oxygens (including phenoxy) is 2. The Morgan fingerprint density at radius 3 is 2.77 bits per heavy atom. The lowest BCUT2D eigenvalue weighted by atomic mass is 9.76. The van der Waals surface area contributed by atoms with E-state index in [9.17, 15) is 9.59 Å². The van der Waals surface area contributed by atoms with Gasteiger partial charge in [0.05, 0.1) is 17.9 Å². The molecule has 1 aliphatic carbocycles. The van der Waals surface area contributed by atoms with Crippen LogP contribution in [0.25, 0.3) is 0 Å². The second-order valence-electron chi connectivity index (χ2n) is 8.25. The number of thioether (sulfide) groups is 1. The van der Waals surface area contributed by atoms with Gasteiger partial charge in [-0.05, 0) is 44.2 Å². The second kappa shape index (κ2) is 9.38. The summed E-state index contributed by atoms with van der Waals surface area (Å²) in [6, 6.07) is 8.14. The van der Waals surface area contributed by atoms with Gasteiger partial charge in [-0.15, -0.1) is 11.8 Å². The van der Waals surface area contributed by atoms with Gasteiger partial charge in [0.1, 0.15) is 12.5 Å². The summed E-state index contributed by atoms with van der Waals surface area (Å²) >= 11 is 1.84. The van der Waals surface area contributed by atoms with Crippen LogP contribution in [0.5, 0.6) is 0 Å². The molecule has 0 saturated heterocycles. The average Bonchev–Trinajstić information content (AvgIpc) is 3.12. The van der Waals surface area contributed by atoms with E-state index in [-0.39, 0.29) is 18.5 Å². The van der Waals surface area contributed by atoms with Gasteiger partial charge in [-0.3, -0.25) is 9.79 Å². The second-order valence-corrected chi connectivity index (χ2v) is 9.31. The Bertz CT molecular complexity index is 885. The number of nitrogens with zero attached hydrogens (tertiary/aromatic N) is 1. The van der Waals surface area contributed by atoms with E-state index in [2.05, 4.69) is 11.1 Å². The van der Waals surface area contributed by atoms with Crippen molar-refractivity contribution in [3.05, 3.63) is 41.1 Å². The van der Waals surface area contributed by atoms with Crippen LogP contribution in [0.4, 0.5) is 0 Å². The van der Waals surface area contributed by atoms with Crippen molar-refractivity contribution in [1.29, 1.82) is 0 Å². The van der Waals surface area contributed by atoms with Gasteiger partial charge in [0.2, 0.25) is 0 Å². The van der Waals surface area contributed by atoms with Crippen LogP contribution in [-0.4, -0.2) is 36.6 Å². The highest BCUT2D eigenvalue weighted by Gasteiger charge is 2.46. The normalized spacial score (nSPS) is 24.3. The zero-order chi connectivity index (χ0) is 21.1. The van der Waals surface area contributed by atoms with E-state index in [1.165, 1.54) is 32.1 Å². The van der Waals surface area contributed by atoms with Crippen LogP contribution >= 0.6 is 11.8 Å². The quantitative estimate of drug-likeness (QED) is 0.477. The summed E-state index contributed by atoms with van der Waals surface area (Å²) in [6.07, 6.45) is 6.56. The predicted molar refractivity (Wildman–Crippen MR) is 118 cm³/mol.